The molecule has 0 heterocycles. The lowest BCUT2D eigenvalue weighted by molar-refractivity contribution is -0.150. The Morgan fingerprint density at radius 1 is 1.59 bits per heavy atom. The number of rotatable bonds is 4. The Bertz CT molecular complexity index is 425. The van der Waals surface area contributed by atoms with Crippen molar-refractivity contribution in [1.29, 1.82) is 0 Å². The molecule has 5 heteroatoms. The molecule has 3 nitrogen and oxygen atoms in total. The molecule has 0 bridgehead atoms. The summed E-state index contributed by atoms with van der Waals surface area (Å²) in [7, 11) is 1.59. The highest BCUT2D eigenvalue weighted by atomic mass is 79.9. The van der Waals surface area contributed by atoms with Gasteiger partial charge in [0, 0.05) is 10.0 Å². The molecule has 0 aliphatic rings. The van der Waals surface area contributed by atoms with Gasteiger partial charge in [0.15, 0.2) is 0 Å². The largest absolute Gasteiger partial charge is 0.464 e. The van der Waals surface area contributed by atoms with Crippen LogP contribution in [0.4, 0.5) is 4.39 Å². The quantitative estimate of drug-likeness (QED) is 0.869. The van der Waals surface area contributed by atoms with Crippen LogP contribution in [0, 0.1) is 5.82 Å². The van der Waals surface area contributed by atoms with Gasteiger partial charge in [0.2, 0.25) is 0 Å². The van der Waals surface area contributed by atoms with Crippen molar-refractivity contribution in [1.82, 2.24) is 5.32 Å². The van der Waals surface area contributed by atoms with E-state index in [4.69, 9.17) is 4.74 Å². The van der Waals surface area contributed by atoms with Gasteiger partial charge in [-0.15, -0.1) is 0 Å². The summed E-state index contributed by atoms with van der Waals surface area (Å²) in [4.78, 5) is 11.9. The number of ether oxygens (including phenoxy) is 1. The first-order chi connectivity index (χ1) is 7.95. The van der Waals surface area contributed by atoms with Crippen molar-refractivity contribution < 1.29 is 13.9 Å². The van der Waals surface area contributed by atoms with E-state index in [2.05, 4.69) is 21.2 Å². The van der Waals surface area contributed by atoms with E-state index in [9.17, 15) is 9.18 Å². The predicted molar refractivity (Wildman–Crippen MR) is 67.1 cm³/mol. The molecule has 1 N–H and O–H groups in total. The van der Waals surface area contributed by atoms with Gasteiger partial charge in [0.05, 0.1) is 6.61 Å². The van der Waals surface area contributed by atoms with Crippen molar-refractivity contribution >= 4 is 21.9 Å². The van der Waals surface area contributed by atoms with Crippen molar-refractivity contribution in [3.05, 3.63) is 34.1 Å². The third-order valence-electron chi connectivity index (χ3n) is 2.65. The summed E-state index contributed by atoms with van der Waals surface area (Å²) in [5.74, 6) is -0.947. The molecular weight excluding hydrogens is 289 g/mol. The number of hydrogen-bond donors (Lipinski definition) is 1. The smallest absolute Gasteiger partial charge is 0.330 e. The maximum Gasteiger partial charge on any atom is 0.330 e. The van der Waals surface area contributed by atoms with Crippen LogP contribution in [0.15, 0.2) is 22.7 Å². The Morgan fingerprint density at radius 2 is 2.24 bits per heavy atom. The lowest BCUT2D eigenvalue weighted by atomic mass is 9.92. The van der Waals surface area contributed by atoms with Crippen LogP contribution in [0.5, 0.6) is 0 Å². The molecule has 0 aromatic heterocycles. The number of halogens is 2. The Hall–Kier alpha value is -0.940. The predicted octanol–water partition coefficient (Wildman–Crippen LogP) is 2.59. The summed E-state index contributed by atoms with van der Waals surface area (Å²) in [6.07, 6.45) is 0. The zero-order valence-corrected chi connectivity index (χ0v) is 11.6. The Kier molecular flexibility index (Phi) is 4.65. The number of hydrogen-bond acceptors (Lipinski definition) is 3. The summed E-state index contributed by atoms with van der Waals surface area (Å²) >= 11 is 3.26. The monoisotopic (exact) mass is 303 g/mol. The second-order valence-electron chi connectivity index (χ2n) is 3.72. The SMILES string of the molecule is CCOC(=O)C(C)(NC)c1cc(Br)ccc1F. The first kappa shape index (κ1) is 14.1. The molecule has 1 aromatic carbocycles. The summed E-state index contributed by atoms with van der Waals surface area (Å²) in [5, 5.41) is 2.81. The highest BCUT2D eigenvalue weighted by molar-refractivity contribution is 9.10. The van der Waals surface area contributed by atoms with Gasteiger partial charge in [-0.2, -0.15) is 0 Å². The average Bonchev–Trinajstić information content (AvgIpc) is 2.31. The fourth-order valence-corrected chi connectivity index (χ4v) is 1.86. The van der Waals surface area contributed by atoms with Gasteiger partial charge in [0.1, 0.15) is 11.4 Å². The molecule has 1 aromatic rings. The molecule has 0 fully saturated rings. The third-order valence-corrected chi connectivity index (χ3v) is 3.14. The molecule has 0 aliphatic heterocycles. The maximum absolute atomic E-state index is 13.8. The fraction of sp³-hybridized carbons (Fsp3) is 0.417. The van der Waals surface area contributed by atoms with Crippen molar-refractivity contribution in [2.75, 3.05) is 13.7 Å². The van der Waals surface area contributed by atoms with Crippen LogP contribution < -0.4 is 5.32 Å². The number of carbonyl (C=O) groups excluding carboxylic acids is 1. The van der Waals surface area contributed by atoms with Gasteiger partial charge < -0.3 is 10.1 Å². The summed E-state index contributed by atoms with van der Waals surface area (Å²) in [6.45, 7) is 3.56. The van der Waals surface area contributed by atoms with Gasteiger partial charge in [-0.25, -0.2) is 9.18 Å². The van der Waals surface area contributed by atoms with Crippen molar-refractivity contribution in [3.8, 4) is 0 Å². The molecule has 0 saturated heterocycles. The average molecular weight is 304 g/mol. The molecule has 1 unspecified atom stereocenters. The molecule has 0 aliphatic carbocycles. The van der Waals surface area contributed by atoms with E-state index in [1.165, 1.54) is 6.07 Å². The minimum absolute atomic E-state index is 0.256. The number of esters is 1. The molecule has 0 saturated carbocycles. The fourth-order valence-electron chi connectivity index (χ4n) is 1.50. The molecule has 17 heavy (non-hydrogen) atoms. The number of carbonyl (C=O) groups is 1. The summed E-state index contributed by atoms with van der Waals surface area (Å²) in [6, 6.07) is 4.47. The van der Waals surface area contributed by atoms with Crippen molar-refractivity contribution in [2.45, 2.75) is 19.4 Å². The van der Waals surface area contributed by atoms with Crippen LogP contribution in [-0.2, 0) is 15.1 Å². The van der Waals surface area contributed by atoms with Gasteiger partial charge in [-0.05, 0) is 39.1 Å². The van der Waals surface area contributed by atoms with Crippen LogP contribution in [0.1, 0.15) is 19.4 Å². The number of likely N-dealkylation sites (N-methyl/N-ethyl adjacent to an activating group) is 1. The normalized spacial score (nSPS) is 14.2. The first-order valence-corrected chi connectivity index (χ1v) is 6.06. The van der Waals surface area contributed by atoms with E-state index < -0.39 is 17.3 Å². The zero-order chi connectivity index (χ0) is 13.1. The van der Waals surface area contributed by atoms with Crippen LogP contribution in [0.25, 0.3) is 0 Å². The third kappa shape index (κ3) is 2.84. The second-order valence-corrected chi connectivity index (χ2v) is 4.64. The number of benzene rings is 1. The van der Waals surface area contributed by atoms with Gasteiger partial charge >= 0.3 is 5.97 Å². The summed E-state index contributed by atoms with van der Waals surface area (Å²) in [5.41, 5.74) is -0.933. The van der Waals surface area contributed by atoms with Crippen LogP contribution >= 0.6 is 15.9 Å². The topological polar surface area (TPSA) is 38.3 Å². The lowest BCUT2D eigenvalue weighted by Crippen LogP contribution is -2.46. The maximum atomic E-state index is 13.8. The van der Waals surface area contributed by atoms with E-state index in [1.54, 1.807) is 33.0 Å². The molecular formula is C12H15BrFNO2. The van der Waals surface area contributed by atoms with E-state index in [1.807, 2.05) is 0 Å². The Labute approximate surface area is 108 Å². The molecule has 94 valence electrons. The highest BCUT2D eigenvalue weighted by Gasteiger charge is 2.37. The lowest BCUT2D eigenvalue weighted by Gasteiger charge is -2.27. The molecule has 1 atom stereocenters. The van der Waals surface area contributed by atoms with Gasteiger partial charge in [-0.3, -0.25) is 0 Å². The molecule has 1 rings (SSSR count). The Balaban J connectivity index is 3.24. The van der Waals surface area contributed by atoms with Crippen LogP contribution in [0.3, 0.4) is 0 Å². The van der Waals surface area contributed by atoms with Gasteiger partial charge in [0.25, 0.3) is 0 Å². The molecule has 0 spiro atoms. The van der Waals surface area contributed by atoms with E-state index in [-0.39, 0.29) is 12.2 Å². The van der Waals surface area contributed by atoms with Crippen molar-refractivity contribution in [3.63, 3.8) is 0 Å². The highest BCUT2D eigenvalue weighted by Crippen LogP contribution is 2.27. The minimum atomic E-state index is -1.19. The minimum Gasteiger partial charge on any atom is -0.464 e. The van der Waals surface area contributed by atoms with Gasteiger partial charge in [-0.1, -0.05) is 15.9 Å². The van der Waals surface area contributed by atoms with Crippen LogP contribution in [-0.4, -0.2) is 19.6 Å². The van der Waals surface area contributed by atoms with E-state index in [0.717, 1.165) is 0 Å². The standard InChI is InChI=1S/C12H15BrFNO2/c1-4-17-11(16)12(2,15-3)9-7-8(13)5-6-10(9)14/h5-7,15H,4H2,1-3H3. The Morgan fingerprint density at radius 3 is 2.76 bits per heavy atom. The molecule has 0 amide bonds. The second kappa shape index (κ2) is 5.60. The van der Waals surface area contributed by atoms with Crippen LogP contribution in [0.2, 0.25) is 0 Å². The zero-order valence-electron chi connectivity index (χ0n) is 10.0. The van der Waals surface area contributed by atoms with E-state index in [0.29, 0.717) is 4.47 Å². The van der Waals surface area contributed by atoms with E-state index >= 15 is 0 Å². The first-order valence-electron chi connectivity index (χ1n) is 5.27. The summed E-state index contributed by atoms with van der Waals surface area (Å²) < 4.78 is 19.5. The molecule has 0 radical (unpaired) electrons. The van der Waals surface area contributed by atoms with Crippen molar-refractivity contribution in [2.24, 2.45) is 0 Å². The number of nitrogens with one attached hydrogen (secondary N) is 1.